The number of hydrogen-bond donors (Lipinski definition) is 2. The van der Waals surface area contributed by atoms with Gasteiger partial charge in [0.15, 0.2) is 5.76 Å². The van der Waals surface area contributed by atoms with Gasteiger partial charge in [-0.25, -0.2) is 4.79 Å². The molecule has 7 heteroatoms. The Balaban J connectivity index is 1.87. The first kappa shape index (κ1) is 14.8. The SMILES string of the molecule is CCc1oc(C(=O)NCCCn2cccn2)cc1C(=O)O. The van der Waals surface area contributed by atoms with Crippen molar-refractivity contribution in [3.05, 3.63) is 41.6 Å². The lowest BCUT2D eigenvalue weighted by atomic mass is 10.2. The van der Waals surface area contributed by atoms with Gasteiger partial charge in [0.1, 0.15) is 11.3 Å². The molecular formula is C14H17N3O4. The molecule has 0 spiro atoms. The van der Waals surface area contributed by atoms with Crippen LogP contribution in [-0.2, 0) is 13.0 Å². The van der Waals surface area contributed by atoms with E-state index >= 15 is 0 Å². The maximum absolute atomic E-state index is 11.9. The van der Waals surface area contributed by atoms with Gasteiger partial charge in [-0.3, -0.25) is 9.48 Å². The molecule has 1 amide bonds. The molecule has 0 saturated heterocycles. The highest BCUT2D eigenvalue weighted by molar-refractivity contribution is 5.96. The Bertz CT molecular complexity index is 616. The lowest BCUT2D eigenvalue weighted by Gasteiger charge is -2.03. The molecule has 2 N–H and O–H groups in total. The van der Waals surface area contributed by atoms with Gasteiger partial charge in [0, 0.05) is 38.0 Å². The van der Waals surface area contributed by atoms with Gasteiger partial charge in [-0.15, -0.1) is 0 Å². The Morgan fingerprint density at radius 3 is 2.86 bits per heavy atom. The molecule has 112 valence electrons. The first-order valence-electron chi connectivity index (χ1n) is 6.73. The molecule has 0 aliphatic carbocycles. The number of nitrogens with one attached hydrogen (secondary N) is 1. The molecule has 0 atom stereocenters. The predicted molar refractivity (Wildman–Crippen MR) is 74.2 cm³/mol. The summed E-state index contributed by atoms with van der Waals surface area (Å²) in [6.07, 6.45) is 4.69. The van der Waals surface area contributed by atoms with Crippen LogP contribution in [0.2, 0.25) is 0 Å². The van der Waals surface area contributed by atoms with Crippen molar-refractivity contribution in [2.45, 2.75) is 26.3 Å². The molecular weight excluding hydrogens is 274 g/mol. The highest BCUT2D eigenvalue weighted by Gasteiger charge is 2.19. The average molecular weight is 291 g/mol. The Hall–Kier alpha value is -2.57. The molecule has 0 aromatic carbocycles. The molecule has 7 nitrogen and oxygen atoms in total. The van der Waals surface area contributed by atoms with E-state index in [1.54, 1.807) is 17.8 Å². The van der Waals surface area contributed by atoms with Gasteiger partial charge in [0.25, 0.3) is 5.91 Å². The van der Waals surface area contributed by atoms with E-state index < -0.39 is 11.9 Å². The van der Waals surface area contributed by atoms with Crippen LogP contribution in [0.5, 0.6) is 0 Å². The standard InChI is InChI=1S/C14H17N3O4/c1-2-11-10(14(19)20)9-12(21-11)13(18)15-5-3-7-17-8-4-6-16-17/h4,6,8-9H,2-3,5,7H2,1H3,(H,15,18)(H,19,20). The topological polar surface area (TPSA) is 97.4 Å². The van der Waals surface area contributed by atoms with E-state index in [4.69, 9.17) is 9.52 Å². The van der Waals surface area contributed by atoms with Gasteiger partial charge in [-0.1, -0.05) is 6.92 Å². The minimum Gasteiger partial charge on any atom is -0.478 e. The highest BCUT2D eigenvalue weighted by Crippen LogP contribution is 2.16. The molecule has 0 saturated carbocycles. The molecule has 0 aliphatic heterocycles. The maximum atomic E-state index is 11.9. The summed E-state index contributed by atoms with van der Waals surface area (Å²) in [6, 6.07) is 3.10. The van der Waals surface area contributed by atoms with Crippen LogP contribution in [0.25, 0.3) is 0 Å². The fraction of sp³-hybridized carbons (Fsp3) is 0.357. The number of carbonyl (C=O) groups excluding carboxylic acids is 1. The van der Waals surface area contributed by atoms with Crippen LogP contribution >= 0.6 is 0 Å². The second-order valence-corrected chi connectivity index (χ2v) is 4.48. The van der Waals surface area contributed by atoms with Crippen molar-refractivity contribution < 1.29 is 19.1 Å². The number of amides is 1. The highest BCUT2D eigenvalue weighted by atomic mass is 16.4. The van der Waals surface area contributed by atoms with Crippen LogP contribution in [0.3, 0.4) is 0 Å². The van der Waals surface area contributed by atoms with E-state index in [0.29, 0.717) is 25.3 Å². The zero-order valence-corrected chi connectivity index (χ0v) is 11.7. The fourth-order valence-electron chi connectivity index (χ4n) is 1.95. The molecule has 21 heavy (non-hydrogen) atoms. The third-order valence-electron chi connectivity index (χ3n) is 2.99. The summed E-state index contributed by atoms with van der Waals surface area (Å²) in [5, 5.41) is 15.8. The lowest BCUT2D eigenvalue weighted by molar-refractivity contribution is 0.0694. The van der Waals surface area contributed by atoms with E-state index in [9.17, 15) is 9.59 Å². The average Bonchev–Trinajstić information content (AvgIpc) is 3.12. The second-order valence-electron chi connectivity index (χ2n) is 4.48. The minimum absolute atomic E-state index is 0.0309. The third-order valence-corrected chi connectivity index (χ3v) is 2.99. The van der Waals surface area contributed by atoms with Crippen molar-refractivity contribution in [2.75, 3.05) is 6.54 Å². The van der Waals surface area contributed by atoms with Gasteiger partial charge in [-0.2, -0.15) is 5.10 Å². The number of rotatable bonds is 7. The lowest BCUT2D eigenvalue weighted by Crippen LogP contribution is -2.24. The summed E-state index contributed by atoms with van der Waals surface area (Å²) in [7, 11) is 0. The first-order valence-corrected chi connectivity index (χ1v) is 6.73. The Morgan fingerprint density at radius 1 is 1.48 bits per heavy atom. The van der Waals surface area contributed by atoms with Crippen LogP contribution < -0.4 is 5.32 Å². The number of aromatic nitrogens is 2. The quantitative estimate of drug-likeness (QED) is 0.754. The molecule has 0 radical (unpaired) electrons. The summed E-state index contributed by atoms with van der Waals surface area (Å²) in [6.45, 7) is 2.94. The number of aryl methyl sites for hydroxylation is 2. The van der Waals surface area contributed by atoms with Crippen LogP contribution in [0.4, 0.5) is 0 Å². The fourth-order valence-corrected chi connectivity index (χ4v) is 1.95. The Labute approximate surface area is 121 Å². The molecule has 2 aromatic rings. The van der Waals surface area contributed by atoms with Crippen molar-refractivity contribution in [1.29, 1.82) is 0 Å². The van der Waals surface area contributed by atoms with Crippen LogP contribution in [-0.4, -0.2) is 33.3 Å². The number of carboxylic acids is 1. The molecule has 0 unspecified atom stereocenters. The van der Waals surface area contributed by atoms with Crippen LogP contribution in [0.15, 0.2) is 28.9 Å². The van der Waals surface area contributed by atoms with Gasteiger partial charge in [0.05, 0.1) is 0 Å². The van der Waals surface area contributed by atoms with Crippen molar-refractivity contribution in [1.82, 2.24) is 15.1 Å². The van der Waals surface area contributed by atoms with Gasteiger partial charge in [0.2, 0.25) is 0 Å². The molecule has 2 heterocycles. The summed E-state index contributed by atoms with van der Waals surface area (Å²) >= 11 is 0. The molecule has 2 rings (SSSR count). The zero-order chi connectivity index (χ0) is 15.2. The third kappa shape index (κ3) is 3.71. The van der Waals surface area contributed by atoms with E-state index in [1.165, 1.54) is 6.07 Å². The number of carbonyl (C=O) groups is 2. The van der Waals surface area contributed by atoms with Gasteiger partial charge >= 0.3 is 5.97 Å². The normalized spacial score (nSPS) is 10.5. The summed E-state index contributed by atoms with van der Waals surface area (Å²) in [4.78, 5) is 22.9. The number of furan rings is 1. The van der Waals surface area contributed by atoms with E-state index in [2.05, 4.69) is 10.4 Å². The number of aromatic carboxylic acids is 1. The van der Waals surface area contributed by atoms with Crippen molar-refractivity contribution in [3.8, 4) is 0 Å². The smallest absolute Gasteiger partial charge is 0.339 e. The van der Waals surface area contributed by atoms with E-state index in [0.717, 1.165) is 6.42 Å². The van der Waals surface area contributed by atoms with Crippen LogP contribution in [0.1, 0.15) is 40.0 Å². The van der Waals surface area contributed by atoms with Crippen LogP contribution in [0, 0.1) is 0 Å². The van der Waals surface area contributed by atoms with Gasteiger partial charge < -0.3 is 14.8 Å². The molecule has 2 aromatic heterocycles. The Kier molecular flexibility index (Phi) is 4.76. The van der Waals surface area contributed by atoms with Gasteiger partial charge in [-0.05, 0) is 12.5 Å². The minimum atomic E-state index is -1.09. The number of nitrogens with zero attached hydrogens (tertiary/aromatic N) is 2. The number of hydrogen-bond acceptors (Lipinski definition) is 4. The first-order chi connectivity index (χ1) is 10.1. The number of carboxylic acid groups (broad SMARTS) is 1. The van der Waals surface area contributed by atoms with Crippen molar-refractivity contribution >= 4 is 11.9 Å². The predicted octanol–water partition coefficient (Wildman–Crippen LogP) is 1.56. The summed E-state index contributed by atoms with van der Waals surface area (Å²) in [5.74, 6) is -1.15. The Morgan fingerprint density at radius 2 is 2.29 bits per heavy atom. The monoisotopic (exact) mass is 291 g/mol. The summed E-state index contributed by atoms with van der Waals surface area (Å²) < 4.78 is 7.05. The molecule has 0 aliphatic rings. The van der Waals surface area contributed by atoms with Crippen molar-refractivity contribution in [3.63, 3.8) is 0 Å². The zero-order valence-electron chi connectivity index (χ0n) is 11.7. The van der Waals surface area contributed by atoms with Crippen molar-refractivity contribution in [2.24, 2.45) is 0 Å². The largest absolute Gasteiger partial charge is 0.478 e. The maximum Gasteiger partial charge on any atom is 0.339 e. The molecule has 0 bridgehead atoms. The second kappa shape index (κ2) is 6.74. The van der Waals surface area contributed by atoms with E-state index in [-0.39, 0.29) is 11.3 Å². The summed E-state index contributed by atoms with van der Waals surface area (Å²) in [5.41, 5.74) is 0.0409. The molecule has 0 fully saturated rings. The van der Waals surface area contributed by atoms with E-state index in [1.807, 2.05) is 12.3 Å².